The molecule has 4 nitrogen and oxygen atoms in total. The molecule has 0 radical (unpaired) electrons. The quantitative estimate of drug-likeness (QED) is 0.814. The Labute approximate surface area is 123 Å². The molecule has 2 rings (SSSR count). The van der Waals surface area contributed by atoms with Crippen LogP contribution in [0.25, 0.3) is 0 Å². The zero-order valence-electron chi connectivity index (χ0n) is 11.4. The van der Waals surface area contributed by atoms with Gasteiger partial charge in [-0.1, -0.05) is 12.2 Å². The lowest BCUT2D eigenvalue weighted by molar-refractivity contribution is -0.0807. The van der Waals surface area contributed by atoms with Gasteiger partial charge in [-0.3, -0.25) is 4.90 Å². The third-order valence-electron chi connectivity index (χ3n) is 3.54. The number of hydrogen-bond acceptors (Lipinski definition) is 4. The highest BCUT2D eigenvalue weighted by Crippen LogP contribution is 2.18. The van der Waals surface area contributed by atoms with E-state index in [9.17, 15) is 9.50 Å². The van der Waals surface area contributed by atoms with E-state index in [2.05, 4.69) is 4.90 Å². The van der Waals surface area contributed by atoms with Crippen molar-refractivity contribution in [2.75, 3.05) is 19.8 Å². The topological polar surface area (TPSA) is 58.7 Å². The van der Waals surface area contributed by atoms with Crippen molar-refractivity contribution in [1.29, 1.82) is 0 Å². The first-order valence-corrected chi connectivity index (χ1v) is 6.96. The third kappa shape index (κ3) is 3.52. The number of morpholine rings is 1. The molecule has 3 N–H and O–H groups in total. The minimum atomic E-state index is -0.274. The molecule has 6 heteroatoms. The highest BCUT2D eigenvalue weighted by molar-refractivity contribution is 7.80. The predicted octanol–water partition coefficient (Wildman–Crippen LogP) is 1.04. The Balaban J connectivity index is 2.15. The Morgan fingerprint density at radius 2 is 2.35 bits per heavy atom. The highest BCUT2D eigenvalue weighted by atomic mass is 32.1. The second-order valence-electron chi connectivity index (χ2n) is 5.09. The minimum absolute atomic E-state index is 0.0291. The number of nitrogens with two attached hydrogens (primary N) is 1. The fraction of sp³-hybridized carbons (Fsp3) is 0.500. The fourth-order valence-corrected chi connectivity index (χ4v) is 2.40. The zero-order valence-corrected chi connectivity index (χ0v) is 12.2. The van der Waals surface area contributed by atoms with E-state index < -0.39 is 0 Å². The number of halogens is 1. The van der Waals surface area contributed by atoms with Gasteiger partial charge in [-0.15, -0.1) is 0 Å². The van der Waals surface area contributed by atoms with Gasteiger partial charge in [0, 0.05) is 30.3 Å². The molecule has 110 valence electrons. The Kier molecular flexibility index (Phi) is 5.04. The molecule has 0 aromatic heterocycles. The molecule has 0 bridgehead atoms. The van der Waals surface area contributed by atoms with Gasteiger partial charge < -0.3 is 15.6 Å². The molecule has 1 aliphatic heterocycles. The van der Waals surface area contributed by atoms with Gasteiger partial charge in [0.15, 0.2) is 0 Å². The Morgan fingerprint density at radius 1 is 1.60 bits per heavy atom. The Morgan fingerprint density at radius 3 is 3.00 bits per heavy atom. The number of benzene rings is 1. The molecule has 0 aliphatic carbocycles. The van der Waals surface area contributed by atoms with E-state index in [0.717, 1.165) is 0 Å². The molecule has 2 atom stereocenters. The summed E-state index contributed by atoms with van der Waals surface area (Å²) in [5.74, 6) is -0.274. The summed E-state index contributed by atoms with van der Waals surface area (Å²) in [7, 11) is 0. The van der Waals surface area contributed by atoms with Gasteiger partial charge in [0.1, 0.15) is 10.8 Å². The number of aliphatic hydroxyl groups is 1. The van der Waals surface area contributed by atoms with Crippen LogP contribution in [0.3, 0.4) is 0 Å². The molecule has 1 aliphatic rings. The molecule has 2 unspecified atom stereocenters. The van der Waals surface area contributed by atoms with E-state index in [-0.39, 0.29) is 29.6 Å². The molecule has 0 saturated carbocycles. The number of rotatable bonds is 4. The third-order valence-corrected chi connectivity index (χ3v) is 3.78. The van der Waals surface area contributed by atoms with Crippen LogP contribution in [0.5, 0.6) is 0 Å². The van der Waals surface area contributed by atoms with Crippen molar-refractivity contribution in [3.63, 3.8) is 0 Å². The molecule has 0 amide bonds. The van der Waals surface area contributed by atoms with Crippen LogP contribution < -0.4 is 5.73 Å². The van der Waals surface area contributed by atoms with Crippen LogP contribution >= 0.6 is 12.2 Å². The second-order valence-corrected chi connectivity index (χ2v) is 5.53. The van der Waals surface area contributed by atoms with Crippen LogP contribution in [0.2, 0.25) is 0 Å². The molecule has 20 heavy (non-hydrogen) atoms. The van der Waals surface area contributed by atoms with Crippen molar-refractivity contribution in [3.8, 4) is 0 Å². The van der Waals surface area contributed by atoms with Crippen LogP contribution in [0.15, 0.2) is 18.2 Å². The van der Waals surface area contributed by atoms with Crippen molar-refractivity contribution in [1.82, 2.24) is 4.90 Å². The summed E-state index contributed by atoms with van der Waals surface area (Å²) in [5.41, 5.74) is 6.80. The molecule has 1 aromatic carbocycles. The van der Waals surface area contributed by atoms with Crippen LogP contribution in [0.1, 0.15) is 18.1 Å². The first-order valence-electron chi connectivity index (χ1n) is 6.56. The van der Waals surface area contributed by atoms with E-state index in [1.807, 2.05) is 6.92 Å². The lowest BCUT2D eigenvalue weighted by Gasteiger charge is -2.37. The summed E-state index contributed by atoms with van der Waals surface area (Å²) in [6.45, 7) is 3.54. The molecule has 1 aromatic rings. The van der Waals surface area contributed by atoms with Gasteiger partial charge in [-0.25, -0.2) is 4.39 Å². The summed E-state index contributed by atoms with van der Waals surface area (Å²) >= 11 is 4.92. The van der Waals surface area contributed by atoms with Crippen molar-refractivity contribution in [2.45, 2.75) is 25.6 Å². The van der Waals surface area contributed by atoms with E-state index >= 15 is 0 Å². The minimum Gasteiger partial charge on any atom is -0.394 e. The van der Waals surface area contributed by atoms with Gasteiger partial charge in [-0.2, -0.15) is 0 Å². The number of nitrogens with zero attached hydrogens (tertiary/aromatic N) is 1. The lowest BCUT2D eigenvalue weighted by Crippen LogP contribution is -2.48. The monoisotopic (exact) mass is 298 g/mol. The number of ether oxygens (including phenoxy) is 1. The molecular formula is C14H19FN2O2S. The largest absolute Gasteiger partial charge is 0.394 e. The average Bonchev–Trinajstić information content (AvgIpc) is 2.43. The maximum atomic E-state index is 13.9. The van der Waals surface area contributed by atoms with Gasteiger partial charge in [0.05, 0.1) is 19.3 Å². The van der Waals surface area contributed by atoms with Crippen molar-refractivity contribution < 1.29 is 14.2 Å². The normalized spacial score (nSPS) is 23.8. The maximum absolute atomic E-state index is 13.9. The molecule has 1 fully saturated rings. The van der Waals surface area contributed by atoms with Crippen molar-refractivity contribution >= 4 is 17.2 Å². The van der Waals surface area contributed by atoms with Crippen LogP contribution in [-0.4, -0.2) is 46.9 Å². The summed E-state index contributed by atoms with van der Waals surface area (Å²) in [6.07, 6.45) is -0.215. The summed E-state index contributed by atoms with van der Waals surface area (Å²) < 4.78 is 19.4. The fourth-order valence-electron chi connectivity index (χ4n) is 2.27. The summed E-state index contributed by atoms with van der Waals surface area (Å²) in [5, 5.41) is 9.17. The van der Waals surface area contributed by atoms with Gasteiger partial charge in [0.25, 0.3) is 0 Å². The molecular weight excluding hydrogens is 279 g/mol. The van der Waals surface area contributed by atoms with Crippen LogP contribution in [-0.2, 0) is 11.3 Å². The molecule has 0 spiro atoms. The number of hydrogen-bond donors (Lipinski definition) is 2. The average molecular weight is 298 g/mol. The second kappa shape index (κ2) is 6.58. The number of thiocarbonyl (C=S) groups is 1. The zero-order chi connectivity index (χ0) is 14.7. The van der Waals surface area contributed by atoms with Gasteiger partial charge in [-0.05, 0) is 25.1 Å². The standard InChI is InChI=1S/C14H19FN2O2S/c1-9-8-19-12(7-18)6-17(9)5-11-4-10(14(16)20)2-3-13(11)15/h2-4,9,12,18H,5-8H2,1H3,(H2,16,20). The number of aliphatic hydroxyl groups excluding tert-OH is 1. The highest BCUT2D eigenvalue weighted by Gasteiger charge is 2.26. The smallest absolute Gasteiger partial charge is 0.127 e. The summed E-state index contributed by atoms with van der Waals surface area (Å²) in [6, 6.07) is 4.83. The SMILES string of the molecule is CC1COC(CO)CN1Cc1cc(C(N)=S)ccc1F. The Hall–Kier alpha value is -1.08. The van der Waals surface area contributed by atoms with E-state index in [1.165, 1.54) is 6.07 Å². The lowest BCUT2D eigenvalue weighted by atomic mass is 10.1. The van der Waals surface area contributed by atoms with Crippen molar-refractivity contribution in [3.05, 3.63) is 35.1 Å². The maximum Gasteiger partial charge on any atom is 0.127 e. The first kappa shape index (κ1) is 15.3. The van der Waals surface area contributed by atoms with E-state index in [1.54, 1.807) is 12.1 Å². The Bertz CT molecular complexity index is 498. The molecule has 1 saturated heterocycles. The summed E-state index contributed by atoms with van der Waals surface area (Å²) in [4.78, 5) is 2.35. The van der Waals surface area contributed by atoms with Crippen LogP contribution in [0, 0.1) is 5.82 Å². The van der Waals surface area contributed by atoms with Crippen LogP contribution in [0.4, 0.5) is 4.39 Å². The van der Waals surface area contributed by atoms with Gasteiger partial charge >= 0.3 is 0 Å². The predicted molar refractivity (Wildman–Crippen MR) is 79.0 cm³/mol. The molecule has 1 heterocycles. The van der Waals surface area contributed by atoms with Crippen molar-refractivity contribution in [2.24, 2.45) is 5.73 Å². The van der Waals surface area contributed by atoms with E-state index in [0.29, 0.717) is 30.8 Å². The van der Waals surface area contributed by atoms with Gasteiger partial charge in [0.2, 0.25) is 0 Å². The first-order chi connectivity index (χ1) is 9.51. The van der Waals surface area contributed by atoms with E-state index in [4.69, 9.17) is 22.7 Å².